The van der Waals surface area contributed by atoms with Gasteiger partial charge in [0.25, 0.3) is 0 Å². The van der Waals surface area contributed by atoms with Crippen molar-refractivity contribution < 1.29 is 31.0 Å². The molecule has 2 atom stereocenters. The normalized spacial score (nSPS) is 15.8. The first kappa shape index (κ1) is 15.4. The van der Waals surface area contributed by atoms with Gasteiger partial charge in [-0.3, -0.25) is 0 Å². The largest absolute Gasteiger partial charge is 1.00 e. The molecule has 0 aliphatic carbocycles. The van der Waals surface area contributed by atoms with Crippen LogP contribution < -0.4 is 29.6 Å². The van der Waals surface area contributed by atoms with Crippen LogP contribution in [0.5, 0.6) is 0 Å². The Hall–Kier alpha value is 1.91. The third-order valence-electron chi connectivity index (χ3n) is 2.21. The van der Waals surface area contributed by atoms with Crippen LogP contribution in [0.15, 0.2) is 0 Å². The minimum Gasteiger partial charge on any atom is -1.00 e. The number of hydrogen-bond donors (Lipinski definition) is 0. The minimum atomic E-state index is 0. The van der Waals surface area contributed by atoms with Gasteiger partial charge in [-0.2, -0.15) is 0 Å². The molecule has 11 heavy (non-hydrogen) atoms. The topological polar surface area (TPSA) is 0 Å². The van der Waals surface area contributed by atoms with E-state index in [1.807, 2.05) is 0 Å². The van der Waals surface area contributed by atoms with E-state index in [0.717, 1.165) is 5.92 Å². The summed E-state index contributed by atoms with van der Waals surface area (Å²) < 4.78 is 0.288. The first-order chi connectivity index (χ1) is 4.58. The van der Waals surface area contributed by atoms with Crippen molar-refractivity contribution in [1.82, 2.24) is 0 Å². The Labute approximate surface area is 105 Å². The van der Waals surface area contributed by atoms with Gasteiger partial charge in [-0.1, -0.05) is 49.5 Å². The van der Waals surface area contributed by atoms with E-state index in [-0.39, 0.29) is 35.0 Å². The van der Waals surface area contributed by atoms with Gasteiger partial charge in [-0.25, -0.2) is 0 Å². The zero-order valence-electron chi connectivity index (χ0n) is 9.15. The molecule has 0 bridgehead atoms. The summed E-state index contributed by atoms with van der Waals surface area (Å²) in [6.07, 6.45) is 3.71. The Bertz CT molecular complexity index is 97.1. The summed E-state index contributed by atoms with van der Waals surface area (Å²) in [5.74, 6) is 0.794. The fourth-order valence-corrected chi connectivity index (χ4v) is 2.37. The molecule has 0 saturated carbocycles. The first-order valence-electron chi connectivity index (χ1n) is 4.06. The molecule has 3 heteroatoms. The maximum absolute atomic E-state index is 3.73. The average Bonchev–Trinajstić information content (AvgIpc) is 1.90. The molecule has 0 saturated heterocycles. The second kappa shape index (κ2) is 7.33. The van der Waals surface area contributed by atoms with Crippen LogP contribution in [0.25, 0.3) is 0 Å². The summed E-state index contributed by atoms with van der Waals surface area (Å²) in [5.41, 5.74) is 0. The van der Waals surface area contributed by atoms with Gasteiger partial charge in [-0.15, -0.1) is 9.24 Å². The van der Waals surface area contributed by atoms with E-state index >= 15 is 0 Å². The predicted octanol–water partition coefficient (Wildman–Crippen LogP) is 0.915. The van der Waals surface area contributed by atoms with Gasteiger partial charge in [0, 0.05) is 4.07 Å². The van der Waals surface area contributed by atoms with Crippen molar-refractivity contribution in [3.8, 4) is 0 Å². The van der Waals surface area contributed by atoms with Gasteiger partial charge in [0.05, 0.1) is 0 Å². The molecule has 2 unspecified atom stereocenters. The number of alkyl halides is 1. The van der Waals surface area contributed by atoms with Gasteiger partial charge in [0.1, 0.15) is 0 Å². The molecular formula is C8H19BrNaP. The van der Waals surface area contributed by atoms with Crippen molar-refractivity contribution in [3.63, 3.8) is 0 Å². The molecule has 0 amide bonds. The Morgan fingerprint density at radius 2 is 1.73 bits per heavy atom. The molecule has 0 aliphatic rings. The molecular weight excluding hydrogens is 230 g/mol. The van der Waals surface area contributed by atoms with E-state index in [2.05, 4.69) is 45.9 Å². The van der Waals surface area contributed by atoms with Crippen LogP contribution in [0.2, 0.25) is 0 Å². The minimum absolute atomic E-state index is 0. The molecule has 0 nitrogen and oxygen atoms in total. The van der Waals surface area contributed by atoms with Crippen molar-refractivity contribution in [1.29, 1.82) is 0 Å². The van der Waals surface area contributed by atoms with Gasteiger partial charge in [-0.05, 0) is 12.3 Å². The molecule has 0 fully saturated rings. The summed E-state index contributed by atoms with van der Waals surface area (Å²) in [4.78, 5) is 0. The van der Waals surface area contributed by atoms with Crippen LogP contribution >= 0.6 is 25.2 Å². The summed E-state index contributed by atoms with van der Waals surface area (Å²) >= 11 is 3.73. The summed E-state index contributed by atoms with van der Waals surface area (Å²) in [6.45, 7) is 6.73. The third-order valence-corrected chi connectivity index (χ3v) is 4.29. The molecule has 0 aliphatic heterocycles. The van der Waals surface area contributed by atoms with Crippen LogP contribution in [0.3, 0.4) is 0 Å². The Morgan fingerprint density at radius 3 is 1.82 bits per heavy atom. The molecule has 0 heterocycles. The number of hydrogen-bond acceptors (Lipinski definition) is 0. The van der Waals surface area contributed by atoms with Crippen LogP contribution in [-0.2, 0) is 0 Å². The SMILES string of the molecule is CCC(CC)C(P)(Br)CC.[H-].[Na+]. The first-order valence-corrected chi connectivity index (χ1v) is 5.43. The summed E-state index contributed by atoms with van der Waals surface area (Å²) in [7, 11) is 2.91. The maximum Gasteiger partial charge on any atom is 1.00 e. The van der Waals surface area contributed by atoms with E-state index in [1.165, 1.54) is 19.3 Å². The molecule has 0 aromatic carbocycles. The zero-order valence-corrected chi connectivity index (χ0v) is 12.9. The van der Waals surface area contributed by atoms with Crippen LogP contribution in [-0.4, -0.2) is 4.07 Å². The molecule has 0 N–H and O–H groups in total. The predicted molar refractivity (Wildman–Crippen MR) is 56.8 cm³/mol. The van der Waals surface area contributed by atoms with E-state index in [0.29, 0.717) is 0 Å². The standard InChI is InChI=1S/C8H18BrP.Na.H/c1-4-7(5-2)8(9,10)6-3;;/h7H,4-6,10H2,1-3H3;;/q;+1;-1. The maximum atomic E-state index is 3.73. The second-order valence-electron chi connectivity index (χ2n) is 2.79. The Balaban J connectivity index is -0.000000405. The Kier molecular flexibility index (Phi) is 10.2. The second-order valence-corrected chi connectivity index (χ2v) is 6.15. The summed E-state index contributed by atoms with van der Waals surface area (Å²) in [6, 6.07) is 0. The molecule has 0 radical (unpaired) electrons. The molecule has 64 valence electrons. The van der Waals surface area contributed by atoms with Gasteiger partial charge < -0.3 is 1.43 Å². The number of halogens is 1. The van der Waals surface area contributed by atoms with Gasteiger partial charge >= 0.3 is 29.6 Å². The van der Waals surface area contributed by atoms with Crippen LogP contribution in [0, 0.1) is 5.92 Å². The van der Waals surface area contributed by atoms with Crippen molar-refractivity contribution in [2.75, 3.05) is 0 Å². The number of rotatable bonds is 4. The molecule has 0 aromatic heterocycles. The fraction of sp³-hybridized carbons (Fsp3) is 1.00. The van der Waals surface area contributed by atoms with E-state index < -0.39 is 0 Å². The van der Waals surface area contributed by atoms with Crippen LogP contribution in [0.4, 0.5) is 0 Å². The van der Waals surface area contributed by atoms with E-state index in [9.17, 15) is 0 Å². The Morgan fingerprint density at radius 1 is 1.36 bits per heavy atom. The smallest absolute Gasteiger partial charge is 1.00 e. The van der Waals surface area contributed by atoms with Crippen molar-refractivity contribution in [2.45, 2.75) is 44.1 Å². The van der Waals surface area contributed by atoms with E-state index in [1.54, 1.807) is 0 Å². The fourth-order valence-electron chi connectivity index (χ4n) is 1.26. The molecule has 0 spiro atoms. The summed E-state index contributed by atoms with van der Waals surface area (Å²) in [5, 5.41) is 0. The van der Waals surface area contributed by atoms with Crippen LogP contribution in [0.1, 0.15) is 41.5 Å². The zero-order chi connectivity index (χ0) is 8.20. The molecule has 0 aromatic rings. The molecule has 0 rings (SSSR count). The van der Waals surface area contributed by atoms with E-state index in [4.69, 9.17) is 0 Å². The van der Waals surface area contributed by atoms with Crippen molar-refractivity contribution >= 4 is 25.2 Å². The van der Waals surface area contributed by atoms with Gasteiger partial charge in [0.2, 0.25) is 0 Å². The monoisotopic (exact) mass is 248 g/mol. The third kappa shape index (κ3) is 5.26. The van der Waals surface area contributed by atoms with Gasteiger partial charge in [0.15, 0.2) is 0 Å². The average molecular weight is 249 g/mol. The van der Waals surface area contributed by atoms with Crippen molar-refractivity contribution in [2.24, 2.45) is 5.92 Å². The van der Waals surface area contributed by atoms with Crippen molar-refractivity contribution in [3.05, 3.63) is 0 Å². The quantitative estimate of drug-likeness (QED) is 0.395.